The lowest BCUT2D eigenvalue weighted by atomic mass is 10.1. The summed E-state index contributed by atoms with van der Waals surface area (Å²) in [6.07, 6.45) is 3.04. The highest BCUT2D eigenvalue weighted by Gasteiger charge is 2.19. The molecule has 0 N–H and O–H groups in total. The van der Waals surface area contributed by atoms with Crippen LogP contribution in [0.4, 0.5) is 0 Å². The number of hydrogen-bond donors (Lipinski definition) is 0. The van der Waals surface area contributed by atoms with E-state index in [1.54, 1.807) is 19.3 Å². The highest BCUT2D eigenvalue weighted by Crippen LogP contribution is 2.18. The normalized spacial score (nSPS) is 10.4. The molecule has 0 aromatic carbocycles. The molecule has 2 heterocycles. The lowest BCUT2D eigenvalue weighted by molar-refractivity contribution is 0.102. The quantitative estimate of drug-likeness (QED) is 0.748. The molecule has 82 valence electrons. The van der Waals surface area contributed by atoms with Gasteiger partial charge in [-0.05, 0) is 18.6 Å². The first kappa shape index (κ1) is 10.8. The molecule has 0 bridgehead atoms. The third-order valence-electron chi connectivity index (χ3n) is 2.33. The second-order valence-electron chi connectivity index (χ2n) is 3.46. The number of carbonyl (C=O) groups is 1. The van der Waals surface area contributed by atoms with E-state index in [0.29, 0.717) is 16.4 Å². The standard InChI is InChI=1S/C11H10ClN3O/c1-7-4-3-5-13-9(7)11(16)10-8(12)6-14-15(10)2/h3-6H,1-2H3. The van der Waals surface area contributed by atoms with Gasteiger partial charge in [0, 0.05) is 13.2 Å². The molecule has 0 spiro atoms. The van der Waals surface area contributed by atoms with E-state index in [-0.39, 0.29) is 5.78 Å². The molecular formula is C11H10ClN3O. The van der Waals surface area contributed by atoms with Crippen LogP contribution in [0.1, 0.15) is 21.7 Å². The van der Waals surface area contributed by atoms with Crippen LogP contribution in [0, 0.1) is 6.92 Å². The van der Waals surface area contributed by atoms with Crippen molar-refractivity contribution in [1.82, 2.24) is 14.8 Å². The number of carbonyl (C=O) groups excluding carboxylic acids is 1. The van der Waals surface area contributed by atoms with Crippen molar-refractivity contribution in [1.29, 1.82) is 0 Å². The fourth-order valence-corrected chi connectivity index (χ4v) is 1.75. The fourth-order valence-electron chi connectivity index (χ4n) is 1.50. The summed E-state index contributed by atoms with van der Waals surface area (Å²) in [5, 5.41) is 4.27. The van der Waals surface area contributed by atoms with Gasteiger partial charge >= 0.3 is 0 Å². The zero-order chi connectivity index (χ0) is 11.7. The highest BCUT2D eigenvalue weighted by atomic mass is 35.5. The first-order valence-corrected chi connectivity index (χ1v) is 5.13. The van der Waals surface area contributed by atoms with Crippen LogP contribution in [-0.2, 0) is 7.05 Å². The van der Waals surface area contributed by atoms with Gasteiger partial charge in [-0.1, -0.05) is 17.7 Å². The van der Waals surface area contributed by atoms with Crippen LogP contribution in [0.5, 0.6) is 0 Å². The minimum atomic E-state index is -0.205. The number of pyridine rings is 1. The zero-order valence-corrected chi connectivity index (χ0v) is 9.69. The SMILES string of the molecule is Cc1cccnc1C(=O)c1c(Cl)cnn1C. The van der Waals surface area contributed by atoms with Crippen LogP contribution in [0.3, 0.4) is 0 Å². The number of aryl methyl sites for hydroxylation is 2. The molecule has 0 aliphatic carbocycles. The summed E-state index contributed by atoms with van der Waals surface area (Å²) in [6, 6.07) is 3.63. The van der Waals surface area contributed by atoms with Crippen LogP contribution in [0.2, 0.25) is 5.02 Å². The molecule has 2 aromatic rings. The van der Waals surface area contributed by atoms with Gasteiger partial charge in [-0.25, -0.2) is 0 Å². The van der Waals surface area contributed by atoms with Crippen molar-refractivity contribution in [3.05, 3.63) is 46.5 Å². The Morgan fingerprint density at radius 3 is 2.81 bits per heavy atom. The van der Waals surface area contributed by atoms with Crippen molar-refractivity contribution in [3.63, 3.8) is 0 Å². The third kappa shape index (κ3) is 1.72. The van der Waals surface area contributed by atoms with Crippen molar-refractivity contribution in [2.45, 2.75) is 6.92 Å². The van der Waals surface area contributed by atoms with Gasteiger partial charge in [0.15, 0.2) is 0 Å². The van der Waals surface area contributed by atoms with Crippen LogP contribution >= 0.6 is 11.6 Å². The zero-order valence-electron chi connectivity index (χ0n) is 8.94. The molecule has 0 unspecified atom stereocenters. The molecule has 16 heavy (non-hydrogen) atoms. The molecule has 0 saturated carbocycles. The van der Waals surface area contributed by atoms with Crippen LogP contribution < -0.4 is 0 Å². The van der Waals surface area contributed by atoms with Gasteiger partial charge in [0.05, 0.1) is 11.2 Å². The Balaban J connectivity index is 2.52. The fraction of sp³-hybridized carbons (Fsp3) is 0.182. The molecular weight excluding hydrogens is 226 g/mol. The predicted molar refractivity (Wildman–Crippen MR) is 60.6 cm³/mol. The van der Waals surface area contributed by atoms with E-state index in [1.165, 1.54) is 10.9 Å². The Morgan fingerprint density at radius 2 is 2.25 bits per heavy atom. The van der Waals surface area contributed by atoms with Gasteiger partial charge in [0.2, 0.25) is 5.78 Å². The summed E-state index contributed by atoms with van der Waals surface area (Å²) in [6.45, 7) is 1.84. The Morgan fingerprint density at radius 1 is 1.50 bits per heavy atom. The second kappa shape index (κ2) is 4.06. The Labute approximate surface area is 97.9 Å². The number of rotatable bonds is 2. The van der Waals surface area contributed by atoms with E-state index in [1.807, 2.05) is 13.0 Å². The van der Waals surface area contributed by atoms with E-state index in [9.17, 15) is 4.79 Å². The molecule has 2 rings (SSSR count). The van der Waals surface area contributed by atoms with Crippen LogP contribution in [0.15, 0.2) is 24.5 Å². The van der Waals surface area contributed by atoms with Crippen LogP contribution in [-0.4, -0.2) is 20.5 Å². The summed E-state index contributed by atoms with van der Waals surface area (Å²) in [4.78, 5) is 16.2. The first-order valence-electron chi connectivity index (χ1n) is 4.75. The molecule has 5 heteroatoms. The van der Waals surface area contributed by atoms with Crippen molar-refractivity contribution < 1.29 is 4.79 Å². The summed E-state index contributed by atoms with van der Waals surface area (Å²) in [5.74, 6) is -0.205. The van der Waals surface area contributed by atoms with Gasteiger partial charge in [0.25, 0.3) is 0 Å². The van der Waals surface area contributed by atoms with Crippen molar-refractivity contribution in [2.24, 2.45) is 7.05 Å². The molecule has 0 saturated heterocycles. The average molecular weight is 236 g/mol. The minimum absolute atomic E-state index is 0.205. The van der Waals surface area contributed by atoms with E-state index in [4.69, 9.17) is 11.6 Å². The van der Waals surface area contributed by atoms with E-state index in [0.717, 1.165) is 5.56 Å². The van der Waals surface area contributed by atoms with Gasteiger partial charge in [-0.3, -0.25) is 14.5 Å². The summed E-state index contributed by atoms with van der Waals surface area (Å²) in [7, 11) is 1.68. The highest BCUT2D eigenvalue weighted by molar-refractivity contribution is 6.34. The molecule has 0 amide bonds. The maximum atomic E-state index is 12.2. The topological polar surface area (TPSA) is 47.8 Å². The number of halogens is 1. The van der Waals surface area contributed by atoms with Crippen molar-refractivity contribution in [2.75, 3.05) is 0 Å². The van der Waals surface area contributed by atoms with E-state index in [2.05, 4.69) is 10.1 Å². The molecule has 0 aliphatic heterocycles. The maximum absolute atomic E-state index is 12.2. The Bertz CT molecular complexity index is 528. The first-order chi connectivity index (χ1) is 7.61. The van der Waals surface area contributed by atoms with Crippen molar-refractivity contribution in [3.8, 4) is 0 Å². The Hall–Kier alpha value is -1.68. The number of aromatic nitrogens is 3. The smallest absolute Gasteiger partial charge is 0.231 e. The van der Waals surface area contributed by atoms with Gasteiger partial charge in [-0.15, -0.1) is 0 Å². The number of hydrogen-bond acceptors (Lipinski definition) is 3. The average Bonchev–Trinajstić information content (AvgIpc) is 2.58. The second-order valence-corrected chi connectivity index (χ2v) is 3.87. The predicted octanol–water partition coefficient (Wildman–Crippen LogP) is 2.01. The molecule has 0 aliphatic rings. The lowest BCUT2D eigenvalue weighted by Crippen LogP contribution is -2.11. The van der Waals surface area contributed by atoms with E-state index < -0.39 is 0 Å². The summed E-state index contributed by atoms with van der Waals surface area (Å²) in [5.41, 5.74) is 1.60. The molecule has 0 fully saturated rings. The molecule has 4 nitrogen and oxygen atoms in total. The third-order valence-corrected chi connectivity index (χ3v) is 2.61. The van der Waals surface area contributed by atoms with E-state index >= 15 is 0 Å². The van der Waals surface area contributed by atoms with Gasteiger partial charge < -0.3 is 0 Å². The lowest BCUT2D eigenvalue weighted by Gasteiger charge is -2.04. The van der Waals surface area contributed by atoms with Crippen molar-refractivity contribution >= 4 is 17.4 Å². The molecule has 2 aromatic heterocycles. The summed E-state index contributed by atoms with van der Waals surface area (Å²) < 4.78 is 1.46. The number of nitrogens with zero attached hydrogens (tertiary/aromatic N) is 3. The molecule has 0 radical (unpaired) electrons. The largest absolute Gasteiger partial charge is 0.285 e. The van der Waals surface area contributed by atoms with Gasteiger partial charge in [-0.2, -0.15) is 5.10 Å². The van der Waals surface area contributed by atoms with Crippen LogP contribution in [0.25, 0.3) is 0 Å². The maximum Gasteiger partial charge on any atom is 0.231 e. The number of ketones is 1. The molecule has 0 atom stereocenters. The van der Waals surface area contributed by atoms with Gasteiger partial charge in [0.1, 0.15) is 11.4 Å². The minimum Gasteiger partial charge on any atom is -0.285 e. The monoisotopic (exact) mass is 235 g/mol. The Kier molecular flexibility index (Phi) is 2.75. The summed E-state index contributed by atoms with van der Waals surface area (Å²) >= 11 is 5.91.